The molecule has 14 heavy (non-hydrogen) atoms. The third-order valence-electron chi connectivity index (χ3n) is 2.46. The first-order valence-corrected chi connectivity index (χ1v) is 5.94. The summed E-state index contributed by atoms with van der Waals surface area (Å²) in [6.07, 6.45) is 0. The van der Waals surface area contributed by atoms with Crippen LogP contribution in [0.4, 0.5) is 0 Å². The Kier molecular flexibility index (Phi) is 4.83. The standard InChI is InChI=1S/C10H20BrNO2/c1-10(2,13-3)8-12-4-5-14-7-9(11)6-12/h9H,4-8H2,1-3H3. The summed E-state index contributed by atoms with van der Waals surface area (Å²) < 4.78 is 10.9. The molecule has 0 radical (unpaired) electrons. The van der Waals surface area contributed by atoms with Crippen LogP contribution in [0.2, 0.25) is 0 Å². The van der Waals surface area contributed by atoms with Crippen molar-refractivity contribution in [1.82, 2.24) is 4.90 Å². The molecule has 3 nitrogen and oxygen atoms in total. The van der Waals surface area contributed by atoms with Crippen LogP contribution in [0.5, 0.6) is 0 Å². The second-order valence-corrected chi connectivity index (χ2v) is 5.67. The van der Waals surface area contributed by atoms with Crippen molar-refractivity contribution in [3.63, 3.8) is 0 Å². The van der Waals surface area contributed by atoms with Gasteiger partial charge in [-0.25, -0.2) is 0 Å². The number of rotatable bonds is 3. The molecular weight excluding hydrogens is 246 g/mol. The molecule has 1 rings (SSSR count). The minimum Gasteiger partial charge on any atom is -0.379 e. The molecule has 4 heteroatoms. The number of methoxy groups -OCH3 is 1. The van der Waals surface area contributed by atoms with Crippen molar-refractivity contribution in [2.24, 2.45) is 0 Å². The van der Waals surface area contributed by atoms with Gasteiger partial charge in [-0.15, -0.1) is 0 Å². The van der Waals surface area contributed by atoms with Gasteiger partial charge in [0.25, 0.3) is 0 Å². The summed E-state index contributed by atoms with van der Waals surface area (Å²) in [4.78, 5) is 2.83. The van der Waals surface area contributed by atoms with Gasteiger partial charge >= 0.3 is 0 Å². The minimum atomic E-state index is -0.0724. The van der Waals surface area contributed by atoms with Crippen molar-refractivity contribution >= 4 is 15.9 Å². The van der Waals surface area contributed by atoms with Gasteiger partial charge < -0.3 is 9.47 Å². The molecule has 0 bridgehead atoms. The van der Waals surface area contributed by atoms with Crippen LogP contribution in [0.15, 0.2) is 0 Å². The summed E-state index contributed by atoms with van der Waals surface area (Å²) in [5.74, 6) is 0. The van der Waals surface area contributed by atoms with E-state index in [-0.39, 0.29) is 5.60 Å². The first-order valence-electron chi connectivity index (χ1n) is 5.03. The van der Waals surface area contributed by atoms with Crippen molar-refractivity contribution in [1.29, 1.82) is 0 Å². The molecular formula is C10H20BrNO2. The number of alkyl halides is 1. The largest absolute Gasteiger partial charge is 0.379 e. The number of hydrogen-bond acceptors (Lipinski definition) is 3. The number of halogens is 1. The molecule has 1 aliphatic heterocycles. The summed E-state index contributed by atoms with van der Waals surface area (Å²) in [7, 11) is 1.76. The quantitative estimate of drug-likeness (QED) is 0.723. The Balaban J connectivity index is 2.42. The molecule has 0 aromatic carbocycles. The zero-order chi connectivity index (χ0) is 10.6. The van der Waals surface area contributed by atoms with Crippen LogP contribution in [0.3, 0.4) is 0 Å². The van der Waals surface area contributed by atoms with Gasteiger partial charge in [0.2, 0.25) is 0 Å². The summed E-state index contributed by atoms with van der Waals surface area (Å²) in [5, 5.41) is 0. The monoisotopic (exact) mass is 265 g/mol. The summed E-state index contributed by atoms with van der Waals surface area (Å²) in [6, 6.07) is 0. The lowest BCUT2D eigenvalue weighted by Gasteiger charge is -2.31. The van der Waals surface area contributed by atoms with Crippen LogP contribution in [-0.4, -0.2) is 55.3 Å². The smallest absolute Gasteiger partial charge is 0.0749 e. The van der Waals surface area contributed by atoms with Crippen molar-refractivity contribution in [2.75, 3.05) is 40.0 Å². The van der Waals surface area contributed by atoms with Crippen LogP contribution in [0.1, 0.15) is 13.8 Å². The maximum absolute atomic E-state index is 5.46. The number of ether oxygens (including phenoxy) is 2. The Hall–Kier alpha value is 0.360. The van der Waals surface area contributed by atoms with E-state index in [0.29, 0.717) is 4.83 Å². The normalized spacial score (nSPS) is 26.1. The number of nitrogens with zero attached hydrogens (tertiary/aromatic N) is 1. The van der Waals surface area contributed by atoms with E-state index in [2.05, 4.69) is 34.7 Å². The highest BCUT2D eigenvalue weighted by Gasteiger charge is 2.24. The molecule has 0 aromatic heterocycles. The lowest BCUT2D eigenvalue weighted by molar-refractivity contribution is -0.00756. The molecule has 0 aliphatic carbocycles. The molecule has 1 fully saturated rings. The lowest BCUT2D eigenvalue weighted by atomic mass is 10.1. The van der Waals surface area contributed by atoms with Crippen molar-refractivity contribution in [3.8, 4) is 0 Å². The zero-order valence-corrected chi connectivity index (χ0v) is 10.8. The first kappa shape index (κ1) is 12.4. The van der Waals surface area contributed by atoms with E-state index in [9.17, 15) is 0 Å². The average molecular weight is 266 g/mol. The van der Waals surface area contributed by atoms with Crippen molar-refractivity contribution < 1.29 is 9.47 Å². The van der Waals surface area contributed by atoms with Gasteiger partial charge in [0.05, 0.1) is 23.6 Å². The fraction of sp³-hybridized carbons (Fsp3) is 1.00. The van der Waals surface area contributed by atoms with Gasteiger partial charge in [-0.05, 0) is 13.8 Å². The zero-order valence-electron chi connectivity index (χ0n) is 9.25. The van der Waals surface area contributed by atoms with E-state index in [1.807, 2.05) is 0 Å². The topological polar surface area (TPSA) is 21.7 Å². The third kappa shape index (κ3) is 4.26. The highest BCUT2D eigenvalue weighted by Crippen LogP contribution is 2.14. The van der Waals surface area contributed by atoms with E-state index >= 15 is 0 Å². The fourth-order valence-electron chi connectivity index (χ4n) is 1.58. The van der Waals surface area contributed by atoms with E-state index in [1.54, 1.807) is 7.11 Å². The van der Waals surface area contributed by atoms with Gasteiger partial charge in [0, 0.05) is 26.7 Å². The van der Waals surface area contributed by atoms with E-state index in [1.165, 1.54) is 0 Å². The molecule has 0 saturated carbocycles. The predicted molar refractivity (Wildman–Crippen MR) is 61.1 cm³/mol. The SMILES string of the molecule is COC(C)(C)CN1CCOCC(Br)C1. The van der Waals surface area contributed by atoms with E-state index in [0.717, 1.165) is 32.8 Å². The molecule has 0 N–H and O–H groups in total. The first-order chi connectivity index (χ1) is 6.53. The molecule has 1 unspecified atom stereocenters. The van der Waals surface area contributed by atoms with Crippen LogP contribution in [0.25, 0.3) is 0 Å². The van der Waals surface area contributed by atoms with Crippen LogP contribution < -0.4 is 0 Å². The summed E-state index contributed by atoms with van der Waals surface area (Å²) >= 11 is 3.60. The van der Waals surface area contributed by atoms with Gasteiger partial charge in [0.15, 0.2) is 0 Å². The Labute approximate surface area is 94.9 Å². The Morgan fingerprint density at radius 3 is 2.93 bits per heavy atom. The lowest BCUT2D eigenvalue weighted by Crippen LogP contribution is -2.42. The molecule has 1 saturated heterocycles. The van der Waals surface area contributed by atoms with E-state index < -0.39 is 0 Å². The Morgan fingerprint density at radius 1 is 1.57 bits per heavy atom. The predicted octanol–water partition coefficient (Wildman–Crippen LogP) is 1.51. The molecule has 0 aromatic rings. The number of hydrogen-bond donors (Lipinski definition) is 0. The minimum absolute atomic E-state index is 0.0724. The van der Waals surface area contributed by atoms with Gasteiger partial charge in [-0.2, -0.15) is 0 Å². The van der Waals surface area contributed by atoms with Gasteiger partial charge in [-0.3, -0.25) is 4.90 Å². The summed E-state index contributed by atoms with van der Waals surface area (Å²) in [6.45, 7) is 8.84. The van der Waals surface area contributed by atoms with Crippen LogP contribution in [-0.2, 0) is 9.47 Å². The van der Waals surface area contributed by atoms with Gasteiger partial charge in [0.1, 0.15) is 0 Å². The molecule has 84 valence electrons. The molecule has 0 amide bonds. The Morgan fingerprint density at radius 2 is 2.29 bits per heavy atom. The maximum atomic E-state index is 5.46. The average Bonchev–Trinajstić information content (AvgIpc) is 2.29. The molecule has 0 spiro atoms. The molecule has 1 aliphatic rings. The maximum Gasteiger partial charge on any atom is 0.0749 e. The summed E-state index contributed by atoms with van der Waals surface area (Å²) in [5.41, 5.74) is -0.0724. The van der Waals surface area contributed by atoms with Crippen LogP contribution >= 0.6 is 15.9 Å². The van der Waals surface area contributed by atoms with E-state index in [4.69, 9.17) is 9.47 Å². The molecule has 1 atom stereocenters. The van der Waals surface area contributed by atoms with Crippen LogP contribution in [0, 0.1) is 0 Å². The second-order valence-electron chi connectivity index (χ2n) is 4.37. The van der Waals surface area contributed by atoms with Crippen molar-refractivity contribution in [2.45, 2.75) is 24.3 Å². The van der Waals surface area contributed by atoms with Crippen molar-refractivity contribution in [3.05, 3.63) is 0 Å². The second kappa shape index (κ2) is 5.45. The Bertz CT molecular complexity index is 176. The van der Waals surface area contributed by atoms with Gasteiger partial charge in [-0.1, -0.05) is 15.9 Å². The highest BCUT2D eigenvalue weighted by atomic mass is 79.9. The third-order valence-corrected chi connectivity index (χ3v) is 3.02. The molecule has 1 heterocycles. The fourth-order valence-corrected chi connectivity index (χ4v) is 2.17. The highest BCUT2D eigenvalue weighted by molar-refractivity contribution is 9.09.